The summed E-state index contributed by atoms with van der Waals surface area (Å²) >= 11 is 0. The van der Waals surface area contributed by atoms with Gasteiger partial charge in [0.15, 0.2) is 0 Å². The van der Waals surface area contributed by atoms with Crippen molar-refractivity contribution in [1.29, 1.82) is 0 Å². The Kier molecular flexibility index (Phi) is 4.09. The van der Waals surface area contributed by atoms with Crippen LogP contribution in [-0.4, -0.2) is 34.4 Å². The third-order valence-electron chi connectivity index (χ3n) is 2.97. The van der Waals surface area contributed by atoms with Crippen LogP contribution in [0.25, 0.3) is 10.9 Å². The minimum Gasteiger partial charge on any atom is -0.469 e. The summed E-state index contributed by atoms with van der Waals surface area (Å²) in [5.74, 6) is -0.565. The van der Waals surface area contributed by atoms with Crippen LogP contribution in [0, 0.1) is 0 Å². The summed E-state index contributed by atoms with van der Waals surface area (Å²) in [5.41, 5.74) is 1.27. The fourth-order valence-corrected chi connectivity index (χ4v) is 1.95. The van der Waals surface area contributed by atoms with Gasteiger partial charge in [0.25, 0.3) is 0 Å². The van der Waals surface area contributed by atoms with Crippen molar-refractivity contribution in [2.75, 3.05) is 7.11 Å². The molecule has 2 aromatic rings. The van der Waals surface area contributed by atoms with Crippen molar-refractivity contribution in [3.8, 4) is 0 Å². The number of aromatic nitrogens is 1. The monoisotopic (exact) mass is 261 g/mol. The molecule has 19 heavy (non-hydrogen) atoms. The van der Waals surface area contributed by atoms with Crippen molar-refractivity contribution in [3.63, 3.8) is 0 Å². The highest BCUT2D eigenvalue weighted by Crippen LogP contribution is 2.26. The molecule has 1 aromatic carbocycles. The zero-order chi connectivity index (χ0) is 13.8. The number of ether oxygens (including phenoxy) is 1. The molecule has 5 nitrogen and oxygen atoms in total. The van der Waals surface area contributed by atoms with Gasteiger partial charge in [0.1, 0.15) is 6.10 Å². The van der Waals surface area contributed by atoms with E-state index in [0.717, 1.165) is 10.9 Å². The Morgan fingerprint density at radius 2 is 2.05 bits per heavy atom. The van der Waals surface area contributed by atoms with Crippen LogP contribution in [0.4, 0.5) is 0 Å². The average molecular weight is 261 g/mol. The Labute approximate surface area is 110 Å². The van der Waals surface area contributed by atoms with Crippen LogP contribution in [0.15, 0.2) is 36.5 Å². The Bertz CT molecular complexity index is 579. The third-order valence-corrected chi connectivity index (χ3v) is 2.97. The molecule has 0 radical (unpaired) electrons. The largest absolute Gasteiger partial charge is 0.469 e. The van der Waals surface area contributed by atoms with Gasteiger partial charge in [0, 0.05) is 11.6 Å². The highest BCUT2D eigenvalue weighted by molar-refractivity contribution is 5.82. The maximum absolute atomic E-state index is 11.1. The molecule has 0 saturated heterocycles. The quantitative estimate of drug-likeness (QED) is 0.808. The first-order valence-electron chi connectivity index (χ1n) is 5.90. The first-order valence-corrected chi connectivity index (χ1v) is 5.90. The van der Waals surface area contributed by atoms with Crippen LogP contribution < -0.4 is 0 Å². The molecule has 0 bridgehead atoms. The second-order valence-corrected chi connectivity index (χ2v) is 4.21. The van der Waals surface area contributed by atoms with Gasteiger partial charge in [-0.25, -0.2) is 0 Å². The van der Waals surface area contributed by atoms with Gasteiger partial charge in [0.2, 0.25) is 0 Å². The summed E-state index contributed by atoms with van der Waals surface area (Å²) in [6.07, 6.45) is -1.06. The van der Waals surface area contributed by atoms with Gasteiger partial charge < -0.3 is 14.9 Å². The number of carbonyl (C=O) groups excluding carboxylic acids is 1. The highest BCUT2D eigenvalue weighted by atomic mass is 16.5. The van der Waals surface area contributed by atoms with E-state index >= 15 is 0 Å². The molecule has 0 spiro atoms. The Morgan fingerprint density at radius 1 is 1.32 bits per heavy atom. The summed E-state index contributed by atoms with van der Waals surface area (Å²) < 4.78 is 4.47. The lowest BCUT2D eigenvalue weighted by Gasteiger charge is -2.18. The number of para-hydroxylation sites is 1. The maximum atomic E-state index is 11.1. The summed E-state index contributed by atoms with van der Waals surface area (Å²) in [6, 6.07) is 8.93. The molecule has 100 valence electrons. The normalized spacial score (nSPS) is 14.1. The number of hydrogen-bond acceptors (Lipinski definition) is 5. The number of aliphatic hydroxyl groups excluding tert-OH is 2. The number of rotatable bonds is 4. The lowest BCUT2D eigenvalue weighted by atomic mass is 9.99. The number of aliphatic hydroxyl groups is 2. The summed E-state index contributed by atoms with van der Waals surface area (Å²) in [7, 11) is 1.24. The van der Waals surface area contributed by atoms with Gasteiger partial charge in [-0.1, -0.05) is 18.2 Å². The van der Waals surface area contributed by atoms with E-state index in [4.69, 9.17) is 0 Å². The lowest BCUT2D eigenvalue weighted by molar-refractivity contribution is -0.144. The second-order valence-electron chi connectivity index (χ2n) is 4.21. The number of hydrogen-bond donors (Lipinski definition) is 2. The van der Waals surface area contributed by atoms with E-state index in [-0.39, 0.29) is 6.42 Å². The van der Waals surface area contributed by atoms with E-state index in [1.165, 1.54) is 7.11 Å². The van der Waals surface area contributed by atoms with Crippen molar-refractivity contribution in [3.05, 3.63) is 42.1 Å². The van der Waals surface area contributed by atoms with Crippen LogP contribution in [-0.2, 0) is 9.53 Å². The summed E-state index contributed by atoms with van der Waals surface area (Å²) in [6.45, 7) is 0. The molecule has 0 saturated carbocycles. The van der Waals surface area contributed by atoms with Crippen LogP contribution in [0.1, 0.15) is 18.1 Å². The molecule has 2 rings (SSSR count). The Hall–Kier alpha value is -1.98. The van der Waals surface area contributed by atoms with Crippen LogP contribution in [0.3, 0.4) is 0 Å². The minimum absolute atomic E-state index is 0.256. The predicted molar refractivity (Wildman–Crippen MR) is 69.3 cm³/mol. The lowest BCUT2D eigenvalue weighted by Crippen LogP contribution is -2.22. The van der Waals surface area contributed by atoms with Gasteiger partial charge >= 0.3 is 5.97 Å². The van der Waals surface area contributed by atoms with Crippen molar-refractivity contribution in [2.24, 2.45) is 0 Å². The highest BCUT2D eigenvalue weighted by Gasteiger charge is 2.23. The van der Waals surface area contributed by atoms with Gasteiger partial charge in [0.05, 0.1) is 25.2 Å². The Morgan fingerprint density at radius 3 is 2.79 bits per heavy atom. The number of esters is 1. The van der Waals surface area contributed by atoms with Gasteiger partial charge in [-0.2, -0.15) is 0 Å². The maximum Gasteiger partial charge on any atom is 0.308 e. The molecular weight excluding hydrogens is 246 g/mol. The van der Waals surface area contributed by atoms with E-state index in [1.807, 2.05) is 24.3 Å². The van der Waals surface area contributed by atoms with E-state index in [2.05, 4.69) is 9.72 Å². The number of nitrogens with zero attached hydrogens (tertiary/aromatic N) is 1. The number of carbonyl (C=O) groups is 1. The van der Waals surface area contributed by atoms with Crippen LogP contribution in [0.5, 0.6) is 0 Å². The van der Waals surface area contributed by atoms with Crippen LogP contribution in [0.2, 0.25) is 0 Å². The molecular formula is C14H15NO4. The molecule has 1 aromatic heterocycles. The van der Waals surface area contributed by atoms with E-state index in [0.29, 0.717) is 5.56 Å². The fourth-order valence-electron chi connectivity index (χ4n) is 1.95. The van der Waals surface area contributed by atoms with Gasteiger partial charge in [-0.05, 0) is 17.7 Å². The average Bonchev–Trinajstić information content (AvgIpc) is 2.45. The van der Waals surface area contributed by atoms with Crippen LogP contribution >= 0.6 is 0 Å². The first kappa shape index (κ1) is 13.5. The number of pyridine rings is 1. The SMILES string of the molecule is COC(=O)CC(O)C(O)c1ccnc2ccccc12. The zero-order valence-electron chi connectivity index (χ0n) is 10.5. The molecule has 2 unspecified atom stereocenters. The standard InChI is InChI=1S/C14H15NO4/c1-19-13(17)8-12(16)14(18)10-6-7-15-11-5-3-2-4-9(10)11/h2-7,12,14,16,18H,8H2,1H3. The molecule has 0 amide bonds. The Balaban J connectivity index is 2.30. The topological polar surface area (TPSA) is 79.7 Å². The van der Waals surface area contributed by atoms with Gasteiger partial charge in [-0.3, -0.25) is 9.78 Å². The van der Waals surface area contributed by atoms with E-state index in [1.54, 1.807) is 12.3 Å². The van der Waals surface area contributed by atoms with E-state index in [9.17, 15) is 15.0 Å². The summed E-state index contributed by atoms with van der Waals surface area (Å²) in [4.78, 5) is 15.3. The van der Waals surface area contributed by atoms with Crippen molar-refractivity contribution in [1.82, 2.24) is 4.98 Å². The molecule has 0 aliphatic heterocycles. The van der Waals surface area contributed by atoms with Crippen molar-refractivity contribution < 1.29 is 19.7 Å². The molecule has 0 aliphatic carbocycles. The smallest absolute Gasteiger partial charge is 0.308 e. The second kappa shape index (κ2) is 5.77. The third kappa shape index (κ3) is 2.89. The molecule has 1 heterocycles. The van der Waals surface area contributed by atoms with E-state index < -0.39 is 18.2 Å². The zero-order valence-corrected chi connectivity index (χ0v) is 10.5. The molecule has 2 N–H and O–H groups in total. The summed E-state index contributed by atoms with van der Waals surface area (Å²) in [5, 5.41) is 20.8. The first-order chi connectivity index (χ1) is 9.13. The number of fused-ring (bicyclic) bond motifs is 1. The predicted octanol–water partition coefficient (Wildman–Crippen LogP) is 1.19. The van der Waals surface area contributed by atoms with Gasteiger partial charge in [-0.15, -0.1) is 0 Å². The molecule has 5 heteroatoms. The number of benzene rings is 1. The molecule has 0 fully saturated rings. The van der Waals surface area contributed by atoms with Crippen molar-refractivity contribution in [2.45, 2.75) is 18.6 Å². The fraction of sp³-hybridized carbons (Fsp3) is 0.286. The number of methoxy groups -OCH3 is 1. The minimum atomic E-state index is -1.21. The molecule has 2 atom stereocenters. The van der Waals surface area contributed by atoms with Crippen molar-refractivity contribution >= 4 is 16.9 Å². The molecule has 0 aliphatic rings.